The summed E-state index contributed by atoms with van der Waals surface area (Å²) in [6, 6.07) is 12.3. The van der Waals surface area contributed by atoms with E-state index in [0.717, 1.165) is 5.56 Å². The number of aromatic nitrogens is 2. The Labute approximate surface area is 146 Å². The molecule has 0 radical (unpaired) electrons. The lowest BCUT2D eigenvalue weighted by Crippen LogP contribution is -2.27. The lowest BCUT2D eigenvalue weighted by Gasteiger charge is -2.16. The summed E-state index contributed by atoms with van der Waals surface area (Å²) in [6.45, 7) is 3.54. The standard InChI is InChI=1S/C18H21N3O3S/c1-12-10-15-16(21(4)18(22)20(15)3)11-17(12)25(23,24)19-13(2)14-8-6-5-7-9-14/h5-11,13,19H,1-4H3/t13-/m1/s1. The van der Waals surface area contributed by atoms with E-state index in [2.05, 4.69) is 4.72 Å². The number of fused-ring (bicyclic) bond motifs is 1. The highest BCUT2D eigenvalue weighted by Gasteiger charge is 2.22. The molecule has 0 saturated heterocycles. The first-order valence-corrected chi connectivity index (χ1v) is 9.44. The summed E-state index contributed by atoms with van der Waals surface area (Å²) in [5.41, 5.74) is 2.60. The molecule has 0 unspecified atom stereocenters. The van der Waals surface area contributed by atoms with E-state index in [1.807, 2.05) is 30.3 Å². The van der Waals surface area contributed by atoms with Gasteiger partial charge in [0.05, 0.1) is 15.9 Å². The third-order valence-corrected chi connectivity index (χ3v) is 6.17. The van der Waals surface area contributed by atoms with Gasteiger partial charge < -0.3 is 0 Å². The minimum absolute atomic E-state index is 0.184. The molecule has 0 aliphatic heterocycles. The Morgan fingerprint density at radius 1 is 1.00 bits per heavy atom. The molecule has 25 heavy (non-hydrogen) atoms. The molecule has 0 fully saturated rings. The highest BCUT2D eigenvalue weighted by Crippen LogP contribution is 2.24. The number of hydrogen-bond acceptors (Lipinski definition) is 3. The molecule has 6 nitrogen and oxygen atoms in total. The Morgan fingerprint density at radius 3 is 2.16 bits per heavy atom. The summed E-state index contributed by atoms with van der Waals surface area (Å²) in [4.78, 5) is 12.3. The van der Waals surface area contributed by atoms with E-state index in [-0.39, 0.29) is 16.6 Å². The van der Waals surface area contributed by atoms with Gasteiger partial charge in [-0.15, -0.1) is 0 Å². The van der Waals surface area contributed by atoms with Crippen LogP contribution in [0.15, 0.2) is 52.2 Å². The van der Waals surface area contributed by atoms with Gasteiger partial charge in [-0.25, -0.2) is 17.9 Å². The average molecular weight is 359 g/mol. The minimum atomic E-state index is -3.72. The topological polar surface area (TPSA) is 73.1 Å². The fourth-order valence-corrected chi connectivity index (χ4v) is 4.50. The molecule has 0 spiro atoms. The van der Waals surface area contributed by atoms with Gasteiger partial charge in [-0.05, 0) is 37.1 Å². The van der Waals surface area contributed by atoms with E-state index >= 15 is 0 Å². The van der Waals surface area contributed by atoms with Crippen molar-refractivity contribution in [1.82, 2.24) is 13.9 Å². The van der Waals surface area contributed by atoms with Gasteiger partial charge in [0.2, 0.25) is 10.0 Å². The molecule has 0 bridgehead atoms. The van der Waals surface area contributed by atoms with Crippen molar-refractivity contribution >= 4 is 21.1 Å². The normalized spacial score (nSPS) is 13.3. The van der Waals surface area contributed by atoms with Crippen molar-refractivity contribution in [3.05, 3.63) is 64.1 Å². The van der Waals surface area contributed by atoms with Crippen LogP contribution in [-0.4, -0.2) is 17.6 Å². The van der Waals surface area contributed by atoms with Gasteiger partial charge in [0.25, 0.3) is 0 Å². The quantitative estimate of drug-likeness (QED) is 0.776. The number of nitrogens with one attached hydrogen (secondary N) is 1. The van der Waals surface area contributed by atoms with Crippen molar-refractivity contribution in [2.24, 2.45) is 14.1 Å². The number of aryl methyl sites for hydroxylation is 3. The average Bonchev–Trinajstić information content (AvgIpc) is 2.78. The maximum absolute atomic E-state index is 12.9. The number of imidazole rings is 1. The Hall–Kier alpha value is -2.38. The van der Waals surface area contributed by atoms with Crippen LogP contribution >= 0.6 is 0 Å². The van der Waals surface area contributed by atoms with Gasteiger partial charge in [-0.1, -0.05) is 30.3 Å². The van der Waals surface area contributed by atoms with E-state index in [1.54, 1.807) is 40.1 Å². The van der Waals surface area contributed by atoms with Gasteiger partial charge >= 0.3 is 5.69 Å². The van der Waals surface area contributed by atoms with Crippen LogP contribution < -0.4 is 10.4 Å². The molecule has 3 rings (SSSR count). The van der Waals surface area contributed by atoms with Gasteiger partial charge in [0.1, 0.15) is 0 Å². The molecule has 3 aromatic rings. The third-order valence-electron chi connectivity index (χ3n) is 4.49. The maximum atomic E-state index is 12.9. The van der Waals surface area contributed by atoms with Crippen LogP contribution in [0, 0.1) is 6.92 Å². The van der Waals surface area contributed by atoms with E-state index in [9.17, 15) is 13.2 Å². The molecule has 0 aliphatic carbocycles. The number of hydrogen-bond donors (Lipinski definition) is 1. The second kappa shape index (κ2) is 6.16. The molecule has 7 heteroatoms. The Balaban J connectivity index is 2.07. The van der Waals surface area contributed by atoms with Crippen LogP contribution in [0.25, 0.3) is 11.0 Å². The predicted molar refractivity (Wildman–Crippen MR) is 98.1 cm³/mol. The summed E-state index contributed by atoms with van der Waals surface area (Å²) in [6.07, 6.45) is 0. The lowest BCUT2D eigenvalue weighted by atomic mass is 10.1. The first kappa shape index (κ1) is 17.4. The molecule has 2 aromatic carbocycles. The molecule has 0 amide bonds. The molecule has 0 aliphatic rings. The molecule has 1 atom stereocenters. The van der Waals surface area contributed by atoms with Crippen LogP contribution in [0.5, 0.6) is 0 Å². The Kier molecular flexibility index (Phi) is 4.30. The first-order chi connectivity index (χ1) is 11.7. The molecule has 132 valence electrons. The molecular weight excluding hydrogens is 338 g/mol. The van der Waals surface area contributed by atoms with E-state index in [4.69, 9.17) is 0 Å². The van der Waals surface area contributed by atoms with Crippen molar-refractivity contribution in [2.75, 3.05) is 0 Å². The number of sulfonamides is 1. The molecule has 1 aromatic heterocycles. The van der Waals surface area contributed by atoms with Crippen molar-refractivity contribution in [3.8, 4) is 0 Å². The summed E-state index contributed by atoms with van der Waals surface area (Å²) in [5, 5.41) is 0. The molecular formula is C18H21N3O3S. The van der Waals surface area contributed by atoms with Crippen LogP contribution in [0.2, 0.25) is 0 Å². The van der Waals surface area contributed by atoms with Gasteiger partial charge in [-0.2, -0.15) is 0 Å². The summed E-state index contributed by atoms with van der Waals surface area (Å²) in [5.74, 6) is 0. The maximum Gasteiger partial charge on any atom is 0.328 e. The van der Waals surface area contributed by atoms with Gasteiger partial charge in [-0.3, -0.25) is 9.13 Å². The largest absolute Gasteiger partial charge is 0.328 e. The second-order valence-electron chi connectivity index (χ2n) is 6.26. The van der Waals surface area contributed by atoms with Crippen LogP contribution in [0.1, 0.15) is 24.1 Å². The number of benzene rings is 2. The molecule has 1 N–H and O–H groups in total. The Bertz CT molecular complexity index is 1100. The first-order valence-electron chi connectivity index (χ1n) is 7.95. The van der Waals surface area contributed by atoms with Crippen molar-refractivity contribution in [3.63, 3.8) is 0 Å². The number of nitrogens with zero attached hydrogens (tertiary/aromatic N) is 2. The lowest BCUT2D eigenvalue weighted by molar-refractivity contribution is 0.566. The zero-order valence-corrected chi connectivity index (χ0v) is 15.5. The number of rotatable bonds is 4. The summed E-state index contributed by atoms with van der Waals surface area (Å²) < 4.78 is 31.4. The fourth-order valence-electron chi connectivity index (χ4n) is 3.03. The van der Waals surface area contributed by atoms with E-state index < -0.39 is 10.0 Å². The van der Waals surface area contributed by atoms with Crippen LogP contribution in [-0.2, 0) is 24.1 Å². The van der Waals surface area contributed by atoms with Crippen LogP contribution in [0.4, 0.5) is 0 Å². The highest BCUT2D eigenvalue weighted by atomic mass is 32.2. The fraction of sp³-hybridized carbons (Fsp3) is 0.278. The smallest absolute Gasteiger partial charge is 0.295 e. The van der Waals surface area contributed by atoms with Crippen molar-refractivity contribution in [2.45, 2.75) is 24.8 Å². The van der Waals surface area contributed by atoms with Crippen molar-refractivity contribution < 1.29 is 8.42 Å². The van der Waals surface area contributed by atoms with Gasteiger partial charge in [0.15, 0.2) is 0 Å². The predicted octanol–water partition coefficient (Wildman–Crippen LogP) is 2.22. The molecule has 1 heterocycles. The highest BCUT2D eigenvalue weighted by molar-refractivity contribution is 7.89. The van der Waals surface area contributed by atoms with Gasteiger partial charge in [0, 0.05) is 20.1 Å². The van der Waals surface area contributed by atoms with E-state index in [1.165, 1.54) is 9.13 Å². The Morgan fingerprint density at radius 2 is 1.56 bits per heavy atom. The second-order valence-corrected chi connectivity index (χ2v) is 7.94. The summed E-state index contributed by atoms with van der Waals surface area (Å²) >= 11 is 0. The summed E-state index contributed by atoms with van der Waals surface area (Å²) in [7, 11) is -0.415. The van der Waals surface area contributed by atoms with E-state index in [0.29, 0.717) is 16.6 Å². The zero-order chi connectivity index (χ0) is 18.4. The third kappa shape index (κ3) is 3.01. The van der Waals surface area contributed by atoms with Crippen molar-refractivity contribution in [1.29, 1.82) is 0 Å². The van der Waals surface area contributed by atoms with Crippen LogP contribution in [0.3, 0.4) is 0 Å². The minimum Gasteiger partial charge on any atom is -0.295 e. The monoisotopic (exact) mass is 359 g/mol. The zero-order valence-electron chi connectivity index (χ0n) is 14.6. The molecule has 0 saturated carbocycles. The SMILES string of the molecule is Cc1cc2c(cc1S(=O)(=O)N[C@H](C)c1ccccc1)n(C)c(=O)n2C.